The number of hydrogen-bond donors (Lipinski definition) is 1. The van der Waals surface area contributed by atoms with E-state index in [2.05, 4.69) is 10.2 Å². The smallest absolute Gasteiger partial charge is 0.123 e. The molecule has 0 saturated heterocycles. The molecule has 0 aromatic heterocycles. The van der Waals surface area contributed by atoms with E-state index in [0.717, 1.165) is 35.9 Å². The maximum atomic E-state index is 13.1. The van der Waals surface area contributed by atoms with Gasteiger partial charge in [0.15, 0.2) is 0 Å². The highest BCUT2D eigenvalue weighted by Gasteiger charge is 2.02. The van der Waals surface area contributed by atoms with Crippen molar-refractivity contribution < 1.29 is 4.39 Å². The van der Waals surface area contributed by atoms with Gasteiger partial charge >= 0.3 is 0 Å². The Kier molecular flexibility index (Phi) is 5.39. The van der Waals surface area contributed by atoms with Crippen molar-refractivity contribution >= 4 is 17.3 Å². The van der Waals surface area contributed by atoms with E-state index in [0.29, 0.717) is 0 Å². The van der Waals surface area contributed by atoms with Gasteiger partial charge in [-0.05, 0) is 36.9 Å². The molecular weight excluding hydrogens is 275 g/mol. The van der Waals surface area contributed by atoms with Gasteiger partial charge in [-0.1, -0.05) is 35.9 Å². The molecule has 0 atom stereocenters. The fourth-order valence-electron chi connectivity index (χ4n) is 2.01. The highest BCUT2D eigenvalue weighted by Crippen LogP contribution is 2.19. The lowest BCUT2D eigenvalue weighted by Gasteiger charge is -2.17. The van der Waals surface area contributed by atoms with Crippen molar-refractivity contribution in [2.75, 3.05) is 25.5 Å². The third-order valence-electron chi connectivity index (χ3n) is 3.02. The molecule has 0 aliphatic heterocycles. The molecule has 2 aromatic rings. The Morgan fingerprint density at radius 2 is 1.95 bits per heavy atom. The van der Waals surface area contributed by atoms with Crippen LogP contribution in [0.2, 0.25) is 5.02 Å². The zero-order valence-corrected chi connectivity index (χ0v) is 12.2. The summed E-state index contributed by atoms with van der Waals surface area (Å²) in [7, 11) is 2.01. The summed E-state index contributed by atoms with van der Waals surface area (Å²) in [4.78, 5) is 2.14. The largest absolute Gasteiger partial charge is 0.383 e. The summed E-state index contributed by atoms with van der Waals surface area (Å²) >= 11 is 6.07. The molecule has 0 spiro atoms. The zero-order chi connectivity index (χ0) is 14.4. The van der Waals surface area contributed by atoms with Crippen LogP contribution in [0.15, 0.2) is 48.5 Å². The van der Waals surface area contributed by atoms with Gasteiger partial charge in [0, 0.05) is 19.6 Å². The van der Waals surface area contributed by atoms with Gasteiger partial charge < -0.3 is 10.2 Å². The summed E-state index contributed by atoms with van der Waals surface area (Å²) in [6.07, 6.45) is 0. The van der Waals surface area contributed by atoms with Crippen molar-refractivity contribution in [1.29, 1.82) is 0 Å². The van der Waals surface area contributed by atoms with Crippen molar-refractivity contribution in [2.24, 2.45) is 0 Å². The van der Waals surface area contributed by atoms with Crippen molar-refractivity contribution in [3.8, 4) is 0 Å². The molecule has 2 nitrogen and oxygen atoms in total. The van der Waals surface area contributed by atoms with E-state index in [9.17, 15) is 4.39 Å². The first kappa shape index (κ1) is 14.8. The molecule has 4 heteroatoms. The van der Waals surface area contributed by atoms with Crippen LogP contribution in [0.1, 0.15) is 5.56 Å². The molecule has 0 bridgehead atoms. The van der Waals surface area contributed by atoms with Gasteiger partial charge in [-0.2, -0.15) is 0 Å². The van der Waals surface area contributed by atoms with Crippen LogP contribution >= 0.6 is 11.6 Å². The van der Waals surface area contributed by atoms with Gasteiger partial charge in [-0.25, -0.2) is 4.39 Å². The van der Waals surface area contributed by atoms with Gasteiger partial charge in [0.25, 0.3) is 0 Å². The highest BCUT2D eigenvalue weighted by atomic mass is 35.5. The standard InChI is InChI=1S/C16H18ClFN2/c1-20(12-13-5-4-6-14(18)11-13)10-9-19-16-8-3-2-7-15(16)17/h2-8,11,19H,9-10,12H2,1H3. The molecule has 0 radical (unpaired) electrons. The van der Waals surface area contributed by atoms with Crippen LogP contribution in [0.3, 0.4) is 0 Å². The second-order valence-electron chi connectivity index (χ2n) is 4.77. The monoisotopic (exact) mass is 292 g/mol. The molecule has 0 unspecified atom stereocenters. The Morgan fingerprint density at radius 3 is 2.70 bits per heavy atom. The maximum Gasteiger partial charge on any atom is 0.123 e. The number of halogens is 2. The Bertz CT molecular complexity index is 560. The normalized spacial score (nSPS) is 10.8. The van der Waals surface area contributed by atoms with Crippen LogP contribution in [0, 0.1) is 5.82 Å². The van der Waals surface area contributed by atoms with E-state index in [1.165, 1.54) is 6.07 Å². The Balaban J connectivity index is 1.78. The van der Waals surface area contributed by atoms with Gasteiger partial charge in [0.2, 0.25) is 0 Å². The second-order valence-corrected chi connectivity index (χ2v) is 5.18. The minimum absolute atomic E-state index is 0.190. The van der Waals surface area contributed by atoms with E-state index in [4.69, 9.17) is 11.6 Å². The molecule has 0 fully saturated rings. The number of rotatable bonds is 6. The van der Waals surface area contributed by atoms with E-state index in [1.807, 2.05) is 37.4 Å². The summed E-state index contributed by atoms with van der Waals surface area (Å²) in [6, 6.07) is 14.4. The topological polar surface area (TPSA) is 15.3 Å². The Labute approximate surface area is 124 Å². The van der Waals surface area contributed by atoms with Crippen molar-refractivity contribution in [3.63, 3.8) is 0 Å². The van der Waals surface area contributed by atoms with Crippen LogP contribution in [-0.2, 0) is 6.54 Å². The fraction of sp³-hybridized carbons (Fsp3) is 0.250. The molecule has 1 N–H and O–H groups in total. The highest BCUT2D eigenvalue weighted by molar-refractivity contribution is 6.33. The molecule has 0 aliphatic carbocycles. The predicted molar refractivity (Wildman–Crippen MR) is 82.7 cm³/mol. The quantitative estimate of drug-likeness (QED) is 0.865. The van der Waals surface area contributed by atoms with Gasteiger partial charge in [-0.3, -0.25) is 0 Å². The van der Waals surface area contributed by atoms with E-state index in [1.54, 1.807) is 12.1 Å². The van der Waals surface area contributed by atoms with Crippen LogP contribution in [0.4, 0.5) is 10.1 Å². The molecule has 0 heterocycles. The number of hydrogen-bond acceptors (Lipinski definition) is 2. The summed E-state index contributed by atoms with van der Waals surface area (Å²) in [5.74, 6) is -0.190. The van der Waals surface area contributed by atoms with Crippen molar-refractivity contribution in [2.45, 2.75) is 6.54 Å². The summed E-state index contributed by atoms with van der Waals surface area (Å²) in [6.45, 7) is 2.36. The minimum atomic E-state index is -0.190. The molecule has 20 heavy (non-hydrogen) atoms. The lowest BCUT2D eigenvalue weighted by molar-refractivity contribution is 0.339. The summed E-state index contributed by atoms with van der Waals surface area (Å²) in [5.41, 5.74) is 1.92. The predicted octanol–water partition coefficient (Wildman–Crippen LogP) is 4.02. The third-order valence-corrected chi connectivity index (χ3v) is 3.35. The molecular formula is C16H18ClFN2. The number of benzene rings is 2. The molecule has 0 saturated carbocycles. The number of likely N-dealkylation sites (N-methyl/N-ethyl adjacent to an activating group) is 1. The number of nitrogens with zero attached hydrogens (tertiary/aromatic N) is 1. The van der Waals surface area contributed by atoms with Gasteiger partial charge in [0.05, 0.1) is 10.7 Å². The molecule has 106 valence electrons. The summed E-state index contributed by atoms with van der Waals surface area (Å²) < 4.78 is 13.1. The van der Waals surface area contributed by atoms with Gasteiger partial charge in [-0.15, -0.1) is 0 Å². The van der Waals surface area contributed by atoms with Crippen LogP contribution in [-0.4, -0.2) is 25.0 Å². The average molecular weight is 293 g/mol. The first-order chi connectivity index (χ1) is 9.65. The SMILES string of the molecule is CN(CCNc1ccccc1Cl)Cc1cccc(F)c1. The Hall–Kier alpha value is -1.58. The lowest BCUT2D eigenvalue weighted by Crippen LogP contribution is -2.24. The Morgan fingerprint density at radius 1 is 1.15 bits per heavy atom. The van der Waals surface area contributed by atoms with E-state index >= 15 is 0 Å². The molecule has 0 aliphatic rings. The fourth-order valence-corrected chi connectivity index (χ4v) is 2.21. The van der Waals surface area contributed by atoms with Crippen LogP contribution < -0.4 is 5.32 Å². The molecule has 0 amide bonds. The first-order valence-electron chi connectivity index (χ1n) is 6.56. The van der Waals surface area contributed by atoms with E-state index in [-0.39, 0.29) is 5.82 Å². The summed E-state index contributed by atoms with van der Waals surface area (Å²) in [5, 5.41) is 4.02. The van der Waals surface area contributed by atoms with Crippen LogP contribution in [0.5, 0.6) is 0 Å². The number of para-hydroxylation sites is 1. The van der Waals surface area contributed by atoms with Crippen molar-refractivity contribution in [1.82, 2.24) is 4.90 Å². The average Bonchev–Trinajstić information content (AvgIpc) is 2.41. The lowest BCUT2D eigenvalue weighted by atomic mass is 10.2. The maximum absolute atomic E-state index is 13.1. The van der Waals surface area contributed by atoms with Crippen LogP contribution in [0.25, 0.3) is 0 Å². The second kappa shape index (κ2) is 7.27. The van der Waals surface area contributed by atoms with Gasteiger partial charge in [0.1, 0.15) is 5.82 Å². The third kappa shape index (κ3) is 4.51. The number of anilines is 1. The van der Waals surface area contributed by atoms with Crippen molar-refractivity contribution in [3.05, 3.63) is 64.9 Å². The molecule has 2 aromatic carbocycles. The number of nitrogens with one attached hydrogen (secondary N) is 1. The minimum Gasteiger partial charge on any atom is -0.383 e. The van der Waals surface area contributed by atoms with E-state index < -0.39 is 0 Å². The zero-order valence-electron chi connectivity index (χ0n) is 11.4. The molecule has 2 rings (SSSR count). The first-order valence-corrected chi connectivity index (χ1v) is 6.94.